The molecule has 0 spiro atoms. The Labute approximate surface area is 148 Å². The molecule has 0 bridgehead atoms. The summed E-state index contributed by atoms with van der Waals surface area (Å²) in [6, 6.07) is 0. The van der Waals surface area contributed by atoms with E-state index in [2.05, 4.69) is 6.58 Å². The Morgan fingerprint density at radius 2 is 2.24 bits per heavy atom. The molecular formula is C20H26O5. The van der Waals surface area contributed by atoms with Gasteiger partial charge in [0, 0.05) is 17.6 Å². The van der Waals surface area contributed by atoms with Gasteiger partial charge in [-0.15, -0.1) is 0 Å². The van der Waals surface area contributed by atoms with Crippen LogP contribution in [0.4, 0.5) is 0 Å². The highest BCUT2D eigenvalue weighted by molar-refractivity contribution is 5.92. The molecule has 5 nitrogen and oxygen atoms in total. The summed E-state index contributed by atoms with van der Waals surface area (Å²) in [5, 5.41) is 9.65. The van der Waals surface area contributed by atoms with Crippen LogP contribution in [0.2, 0.25) is 0 Å². The Kier molecular flexibility index (Phi) is 6.37. The number of aliphatic hydroxyl groups excluding tert-OH is 1. The van der Waals surface area contributed by atoms with E-state index in [1.54, 1.807) is 19.9 Å². The SMILES string of the molecule is C=C1C(=O)O[C@@H]2/C=C(\C)CC/C=C(\CO)C[C@@H](OC(=O)/C(C)=C\C)[C@@H]12. The lowest BCUT2D eigenvalue weighted by Crippen LogP contribution is -2.34. The van der Waals surface area contributed by atoms with Gasteiger partial charge in [0.2, 0.25) is 0 Å². The van der Waals surface area contributed by atoms with Crippen molar-refractivity contribution in [3.8, 4) is 0 Å². The van der Waals surface area contributed by atoms with Gasteiger partial charge >= 0.3 is 11.9 Å². The molecule has 1 fully saturated rings. The summed E-state index contributed by atoms with van der Waals surface area (Å²) >= 11 is 0. The maximum Gasteiger partial charge on any atom is 0.334 e. The summed E-state index contributed by atoms with van der Waals surface area (Å²) in [5.41, 5.74) is 2.67. The second-order valence-electron chi connectivity index (χ2n) is 6.61. The Balaban J connectivity index is 2.41. The topological polar surface area (TPSA) is 72.8 Å². The van der Waals surface area contributed by atoms with Gasteiger partial charge in [0.25, 0.3) is 0 Å². The molecule has 0 unspecified atom stereocenters. The number of allylic oxidation sites excluding steroid dienone is 3. The second-order valence-corrected chi connectivity index (χ2v) is 6.61. The van der Waals surface area contributed by atoms with Crippen molar-refractivity contribution < 1.29 is 24.2 Å². The minimum Gasteiger partial charge on any atom is -0.458 e. The van der Waals surface area contributed by atoms with Gasteiger partial charge in [0.05, 0.1) is 12.5 Å². The minimum absolute atomic E-state index is 0.113. The monoisotopic (exact) mass is 346 g/mol. The van der Waals surface area contributed by atoms with E-state index >= 15 is 0 Å². The first-order valence-electron chi connectivity index (χ1n) is 8.57. The molecule has 136 valence electrons. The number of carbonyl (C=O) groups is 2. The van der Waals surface area contributed by atoms with Crippen LogP contribution in [0.25, 0.3) is 0 Å². The number of aliphatic hydroxyl groups is 1. The van der Waals surface area contributed by atoms with Crippen molar-refractivity contribution in [2.45, 2.75) is 52.2 Å². The Bertz CT molecular complexity index is 651. The minimum atomic E-state index is -0.619. The van der Waals surface area contributed by atoms with Crippen LogP contribution in [-0.4, -0.2) is 35.9 Å². The Morgan fingerprint density at radius 3 is 2.88 bits per heavy atom. The van der Waals surface area contributed by atoms with Crippen molar-refractivity contribution in [2.75, 3.05) is 6.61 Å². The van der Waals surface area contributed by atoms with Crippen LogP contribution >= 0.6 is 0 Å². The van der Waals surface area contributed by atoms with Crippen LogP contribution in [0.3, 0.4) is 0 Å². The van der Waals surface area contributed by atoms with E-state index in [1.807, 2.05) is 19.1 Å². The predicted molar refractivity (Wildman–Crippen MR) is 94.6 cm³/mol. The molecule has 1 saturated heterocycles. The lowest BCUT2D eigenvalue weighted by Gasteiger charge is -2.27. The number of rotatable bonds is 3. The molecular weight excluding hydrogens is 320 g/mol. The van der Waals surface area contributed by atoms with Crippen molar-refractivity contribution in [1.29, 1.82) is 0 Å². The number of fused-ring (bicyclic) bond motifs is 1. The molecule has 0 aromatic carbocycles. The quantitative estimate of drug-likeness (QED) is 0.483. The lowest BCUT2D eigenvalue weighted by molar-refractivity contribution is -0.147. The fourth-order valence-corrected chi connectivity index (χ4v) is 3.11. The van der Waals surface area contributed by atoms with Gasteiger partial charge in [-0.3, -0.25) is 0 Å². The zero-order chi connectivity index (χ0) is 18.6. The number of esters is 2. The molecule has 1 N–H and O–H groups in total. The third-order valence-electron chi connectivity index (χ3n) is 4.76. The van der Waals surface area contributed by atoms with E-state index in [1.165, 1.54) is 0 Å². The first kappa shape index (κ1) is 19.2. The Hall–Kier alpha value is -2.14. The fraction of sp³-hybridized carbons (Fsp3) is 0.500. The normalized spacial score (nSPS) is 32.0. The van der Waals surface area contributed by atoms with Gasteiger partial charge < -0.3 is 14.6 Å². The molecule has 2 rings (SSSR count). The highest BCUT2D eigenvalue weighted by atomic mass is 16.6. The molecule has 0 aromatic heterocycles. The molecule has 3 atom stereocenters. The van der Waals surface area contributed by atoms with Gasteiger partial charge in [0.15, 0.2) is 0 Å². The standard InChI is InChI=1S/C20H26O5/c1-5-13(3)19(22)24-17-10-15(11-21)8-6-7-12(2)9-16-18(17)14(4)20(23)25-16/h5,8-9,16-18,21H,4,6-7,10-11H2,1-3H3/b12-9+,13-5-,15-8-/t16-,17-,18+/m1/s1. The molecule has 1 aliphatic carbocycles. The zero-order valence-corrected chi connectivity index (χ0v) is 15.1. The van der Waals surface area contributed by atoms with Crippen LogP contribution in [0.15, 0.2) is 47.1 Å². The second kappa shape index (κ2) is 8.30. The van der Waals surface area contributed by atoms with Crippen molar-refractivity contribution in [3.05, 3.63) is 47.1 Å². The average molecular weight is 346 g/mol. The molecule has 0 radical (unpaired) electrons. The summed E-state index contributed by atoms with van der Waals surface area (Å²) in [6.45, 7) is 9.16. The summed E-state index contributed by atoms with van der Waals surface area (Å²) < 4.78 is 11.1. The molecule has 25 heavy (non-hydrogen) atoms. The number of hydrogen-bond acceptors (Lipinski definition) is 5. The van der Waals surface area contributed by atoms with E-state index < -0.39 is 30.1 Å². The summed E-state index contributed by atoms with van der Waals surface area (Å²) in [5.74, 6) is -1.35. The fourth-order valence-electron chi connectivity index (χ4n) is 3.11. The van der Waals surface area contributed by atoms with Crippen molar-refractivity contribution >= 4 is 11.9 Å². The smallest absolute Gasteiger partial charge is 0.334 e. The summed E-state index contributed by atoms with van der Waals surface area (Å²) in [7, 11) is 0. The number of ether oxygens (including phenoxy) is 2. The van der Waals surface area contributed by atoms with Crippen LogP contribution in [0.1, 0.15) is 40.0 Å². The van der Waals surface area contributed by atoms with Gasteiger partial charge in [-0.05, 0) is 45.3 Å². The molecule has 0 aromatic rings. The molecule has 0 amide bonds. The van der Waals surface area contributed by atoms with Crippen molar-refractivity contribution in [1.82, 2.24) is 0 Å². The largest absolute Gasteiger partial charge is 0.458 e. The summed E-state index contributed by atoms with van der Waals surface area (Å²) in [4.78, 5) is 24.3. The molecule has 0 saturated carbocycles. The van der Waals surface area contributed by atoms with E-state index in [9.17, 15) is 14.7 Å². The maximum atomic E-state index is 12.3. The van der Waals surface area contributed by atoms with E-state index in [-0.39, 0.29) is 6.61 Å². The van der Waals surface area contributed by atoms with Gasteiger partial charge in [-0.25, -0.2) is 9.59 Å². The molecule has 5 heteroatoms. The van der Waals surface area contributed by atoms with Crippen molar-refractivity contribution in [2.24, 2.45) is 5.92 Å². The number of carbonyl (C=O) groups excluding carboxylic acids is 2. The van der Waals surface area contributed by atoms with E-state index in [0.717, 1.165) is 24.0 Å². The lowest BCUT2D eigenvalue weighted by atomic mass is 9.85. The maximum absolute atomic E-state index is 12.3. The predicted octanol–water partition coefficient (Wildman–Crippen LogP) is 3.01. The highest BCUT2D eigenvalue weighted by Crippen LogP contribution is 2.36. The zero-order valence-electron chi connectivity index (χ0n) is 15.1. The van der Waals surface area contributed by atoms with Crippen molar-refractivity contribution in [3.63, 3.8) is 0 Å². The third-order valence-corrected chi connectivity index (χ3v) is 4.76. The molecule has 1 aliphatic heterocycles. The first-order valence-corrected chi connectivity index (χ1v) is 8.57. The summed E-state index contributed by atoms with van der Waals surface area (Å²) in [6.07, 6.45) is 6.40. The van der Waals surface area contributed by atoms with Gasteiger partial charge in [-0.1, -0.05) is 24.3 Å². The van der Waals surface area contributed by atoms with Gasteiger partial charge in [0.1, 0.15) is 12.2 Å². The van der Waals surface area contributed by atoms with Crippen LogP contribution in [0, 0.1) is 5.92 Å². The van der Waals surface area contributed by atoms with E-state index in [4.69, 9.17) is 9.47 Å². The third kappa shape index (κ3) is 4.48. The Morgan fingerprint density at radius 1 is 1.52 bits per heavy atom. The molecule has 1 heterocycles. The van der Waals surface area contributed by atoms with Crippen LogP contribution in [-0.2, 0) is 19.1 Å². The average Bonchev–Trinajstić information content (AvgIpc) is 2.85. The van der Waals surface area contributed by atoms with E-state index in [0.29, 0.717) is 17.6 Å². The molecule has 2 aliphatic rings. The van der Waals surface area contributed by atoms with Crippen LogP contribution < -0.4 is 0 Å². The first-order chi connectivity index (χ1) is 11.9. The highest BCUT2D eigenvalue weighted by Gasteiger charge is 2.44. The number of hydrogen-bond donors (Lipinski definition) is 1. The van der Waals surface area contributed by atoms with Gasteiger partial charge in [-0.2, -0.15) is 0 Å². The van der Waals surface area contributed by atoms with Crippen LogP contribution in [0.5, 0.6) is 0 Å².